The van der Waals surface area contributed by atoms with Crippen LogP contribution in [0.5, 0.6) is 5.88 Å². The second kappa shape index (κ2) is 5.47. The molecule has 3 nitrogen and oxygen atoms in total. The minimum atomic E-state index is 0.113. The maximum atomic E-state index is 5.48. The minimum absolute atomic E-state index is 0.113. The molecule has 16 heavy (non-hydrogen) atoms. The SMILES string of the molecule is ClCOc1c[n+](Cc2ccccc2)ccn1. The number of aromatic nitrogens is 2. The zero-order valence-electron chi connectivity index (χ0n) is 8.71. The molecule has 0 aliphatic rings. The fourth-order valence-electron chi connectivity index (χ4n) is 1.43. The van der Waals surface area contributed by atoms with E-state index in [0.29, 0.717) is 5.88 Å². The zero-order chi connectivity index (χ0) is 11.2. The molecule has 4 heteroatoms. The molecule has 0 amide bonds. The van der Waals surface area contributed by atoms with Crippen molar-refractivity contribution in [3.63, 3.8) is 0 Å². The second-order valence-electron chi connectivity index (χ2n) is 3.31. The van der Waals surface area contributed by atoms with Gasteiger partial charge in [-0.1, -0.05) is 41.9 Å². The van der Waals surface area contributed by atoms with Crippen LogP contribution < -0.4 is 9.30 Å². The summed E-state index contributed by atoms with van der Waals surface area (Å²) in [6.45, 7) is 0.794. The van der Waals surface area contributed by atoms with Gasteiger partial charge in [-0.25, -0.2) is 4.98 Å². The van der Waals surface area contributed by atoms with Gasteiger partial charge in [0.1, 0.15) is 0 Å². The highest BCUT2D eigenvalue weighted by Crippen LogP contribution is 2.02. The third-order valence-corrected chi connectivity index (χ3v) is 2.26. The number of hydrogen-bond donors (Lipinski definition) is 0. The van der Waals surface area contributed by atoms with Crippen molar-refractivity contribution in [2.75, 3.05) is 6.07 Å². The van der Waals surface area contributed by atoms with Gasteiger partial charge in [-0.2, -0.15) is 4.57 Å². The Bertz CT molecular complexity index is 448. The van der Waals surface area contributed by atoms with Crippen molar-refractivity contribution in [3.8, 4) is 5.88 Å². The number of hydrogen-bond acceptors (Lipinski definition) is 2. The van der Waals surface area contributed by atoms with E-state index in [1.807, 2.05) is 35.2 Å². The molecule has 82 valence electrons. The molecule has 2 aromatic rings. The minimum Gasteiger partial charge on any atom is -0.457 e. The van der Waals surface area contributed by atoms with Gasteiger partial charge >= 0.3 is 0 Å². The van der Waals surface area contributed by atoms with Crippen molar-refractivity contribution in [1.29, 1.82) is 0 Å². The van der Waals surface area contributed by atoms with Crippen molar-refractivity contribution in [3.05, 3.63) is 54.5 Å². The molecule has 0 atom stereocenters. The molecule has 0 aliphatic carbocycles. The average molecular weight is 236 g/mol. The average Bonchev–Trinajstić information content (AvgIpc) is 2.31. The molecule has 1 aromatic carbocycles. The predicted octanol–water partition coefficient (Wildman–Crippen LogP) is 1.99. The maximum Gasteiger partial charge on any atom is 0.281 e. The van der Waals surface area contributed by atoms with Crippen LogP contribution in [-0.2, 0) is 6.54 Å². The lowest BCUT2D eigenvalue weighted by atomic mass is 10.2. The largest absolute Gasteiger partial charge is 0.457 e. The van der Waals surface area contributed by atoms with E-state index in [1.54, 1.807) is 6.20 Å². The van der Waals surface area contributed by atoms with E-state index >= 15 is 0 Å². The fraction of sp³-hybridized carbons (Fsp3) is 0.167. The van der Waals surface area contributed by atoms with Gasteiger partial charge in [0, 0.05) is 5.56 Å². The Hall–Kier alpha value is -1.61. The van der Waals surface area contributed by atoms with E-state index in [0.717, 1.165) is 6.54 Å². The summed E-state index contributed by atoms with van der Waals surface area (Å²) in [5.41, 5.74) is 1.23. The Morgan fingerprint density at radius 2 is 2.06 bits per heavy atom. The van der Waals surface area contributed by atoms with Crippen LogP contribution in [-0.4, -0.2) is 11.1 Å². The van der Waals surface area contributed by atoms with E-state index < -0.39 is 0 Å². The molecule has 0 unspecified atom stereocenters. The third kappa shape index (κ3) is 2.94. The molecule has 0 fully saturated rings. The Kier molecular flexibility index (Phi) is 3.72. The van der Waals surface area contributed by atoms with Crippen LogP contribution in [0.25, 0.3) is 0 Å². The molecule has 2 rings (SSSR count). The van der Waals surface area contributed by atoms with Crippen molar-refractivity contribution in [2.45, 2.75) is 6.54 Å². The quantitative estimate of drug-likeness (QED) is 0.599. The monoisotopic (exact) mass is 235 g/mol. The highest BCUT2D eigenvalue weighted by atomic mass is 35.5. The smallest absolute Gasteiger partial charge is 0.281 e. The van der Waals surface area contributed by atoms with Gasteiger partial charge in [-0.15, -0.1) is 0 Å². The van der Waals surface area contributed by atoms with Crippen molar-refractivity contribution >= 4 is 11.6 Å². The van der Waals surface area contributed by atoms with E-state index in [4.69, 9.17) is 16.3 Å². The summed E-state index contributed by atoms with van der Waals surface area (Å²) in [7, 11) is 0. The van der Waals surface area contributed by atoms with Crippen LogP contribution in [0.3, 0.4) is 0 Å². The fourth-order valence-corrected chi connectivity index (χ4v) is 1.55. The number of halogens is 1. The van der Waals surface area contributed by atoms with Gasteiger partial charge in [-0.05, 0) is 0 Å². The first-order valence-electron chi connectivity index (χ1n) is 4.96. The Labute approximate surface area is 99.3 Å². The van der Waals surface area contributed by atoms with Crippen molar-refractivity contribution in [2.24, 2.45) is 0 Å². The van der Waals surface area contributed by atoms with Gasteiger partial charge in [0.05, 0.1) is 6.20 Å². The molecule has 0 saturated heterocycles. The molecule has 0 radical (unpaired) electrons. The van der Waals surface area contributed by atoms with Crippen molar-refractivity contribution < 1.29 is 9.30 Å². The Morgan fingerprint density at radius 1 is 1.25 bits per heavy atom. The van der Waals surface area contributed by atoms with Gasteiger partial charge < -0.3 is 4.74 Å². The first kappa shape index (κ1) is 10.9. The van der Waals surface area contributed by atoms with Crippen LogP contribution in [0.2, 0.25) is 0 Å². The van der Waals surface area contributed by atoms with Crippen molar-refractivity contribution in [1.82, 2.24) is 4.98 Å². The van der Waals surface area contributed by atoms with E-state index in [2.05, 4.69) is 17.1 Å². The first-order chi connectivity index (χ1) is 7.88. The molecular formula is C12H12ClN2O+. The normalized spacial score (nSPS) is 10.1. The van der Waals surface area contributed by atoms with Crippen LogP contribution in [0.4, 0.5) is 0 Å². The highest BCUT2D eigenvalue weighted by Gasteiger charge is 2.05. The molecule has 1 heterocycles. The van der Waals surface area contributed by atoms with E-state index in [-0.39, 0.29) is 6.07 Å². The van der Waals surface area contributed by atoms with Crippen LogP contribution in [0.15, 0.2) is 48.9 Å². The Balaban J connectivity index is 2.12. The second-order valence-corrected chi connectivity index (χ2v) is 3.52. The van der Waals surface area contributed by atoms with E-state index in [9.17, 15) is 0 Å². The molecule has 1 aromatic heterocycles. The van der Waals surface area contributed by atoms with Gasteiger partial charge in [0.25, 0.3) is 5.88 Å². The van der Waals surface area contributed by atoms with E-state index in [1.165, 1.54) is 5.56 Å². The first-order valence-corrected chi connectivity index (χ1v) is 5.50. The molecule has 0 bridgehead atoms. The van der Waals surface area contributed by atoms with Crippen LogP contribution in [0.1, 0.15) is 5.56 Å². The standard InChI is InChI=1S/C12H12ClN2O/c13-10-16-12-9-15(7-6-14-12)8-11-4-2-1-3-5-11/h1-7,9H,8,10H2/q+1. The number of benzene rings is 1. The lowest BCUT2D eigenvalue weighted by Crippen LogP contribution is -2.33. The number of rotatable bonds is 4. The molecule has 0 saturated carbocycles. The number of alkyl halides is 1. The maximum absolute atomic E-state index is 5.48. The summed E-state index contributed by atoms with van der Waals surface area (Å²) in [6, 6.07) is 10.3. The summed E-state index contributed by atoms with van der Waals surface area (Å²) in [6.07, 6.45) is 5.42. The highest BCUT2D eigenvalue weighted by molar-refractivity contribution is 6.17. The Morgan fingerprint density at radius 3 is 2.81 bits per heavy atom. The number of nitrogens with zero attached hydrogens (tertiary/aromatic N) is 2. The summed E-state index contributed by atoms with van der Waals surface area (Å²) >= 11 is 5.48. The topological polar surface area (TPSA) is 26.0 Å². The number of ether oxygens (including phenoxy) is 1. The zero-order valence-corrected chi connectivity index (χ0v) is 9.47. The lowest BCUT2D eigenvalue weighted by Gasteiger charge is -2.00. The summed E-state index contributed by atoms with van der Waals surface area (Å²) < 4.78 is 7.12. The lowest BCUT2D eigenvalue weighted by molar-refractivity contribution is -0.689. The third-order valence-electron chi connectivity index (χ3n) is 2.15. The summed E-state index contributed by atoms with van der Waals surface area (Å²) in [5.74, 6) is 0.536. The van der Waals surface area contributed by atoms with Gasteiger partial charge in [0.2, 0.25) is 6.20 Å². The van der Waals surface area contributed by atoms with Crippen LogP contribution in [0, 0.1) is 0 Å². The van der Waals surface area contributed by atoms with Gasteiger partial charge in [-0.3, -0.25) is 0 Å². The summed E-state index contributed by atoms with van der Waals surface area (Å²) in [5, 5.41) is 0. The predicted molar refractivity (Wildman–Crippen MR) is 61.3 cm³/mol. The molecular weight excluding hydrogens is 224 g/mol. The molecule has 0 N–H and O–H groups in total. The molecule has 0 spiro atoms. The van der Waals surface area contributed by atoms with Crippen LogP contribution >= 0.6 is 11.6 Å². The summed E-state index contributed by atoms with van der Waals surface area (Å²) in [4.78, 5) is 4.04. The van der Waals surface area contributed by atoms with Gasteiger partial charge in [0.15, 0.2) is 18.8 Å². The molecule has 0 aliphatic heterocycles.